The van der Waals surface area contributed by atoms with E-state index >= 15 is 0 Å². The standard InChI is InChI=1S/C16H21N7S/c1-12(16-19-17-11-21(16)2)23-9-14(18-20-23)15-7-13(10-24-15)8-22-5-3-4-6-22/h7,9-12H,3-6,8H2,1-2H3. The van der Waals surface area contributed by atoms with Crippen molar-refractivity contribution in [2.24, 2.45) is 7.05 Å². The van der Waals surface area contributed by atoms with E-state index in [-0.39, 0.29) is 6.04 Å². The first-order chi connectivity index (χ1) is 11.7. The first kappa shape index (κ1) is 15.5. The lowest BCUT2D eigenvalue weighted by Crippen LogP contribution is -2.17. The van der Waals surface area contributed by atoms with Gasteiger partial charge in [-0.25, -0.2) is 4.68 Å². The maximum Gasteiger partial charge on any atom is 0.157 e. The van der Waals surface area contributed by atoms with Crippen molar-refractivity contribution < 1.29 is 0 Å². The Kier molecular flexibility index (Phi) is 4.15. The van der Waals surface area contributed by atoms with Crippen LogP contribution in [0.15, 0.2) is 24.0 Å². The van der Waals surface area contributed by atoms with Crippen LogP contribution >= 0.6 is 11.3 Å². The van der Waals surface area contributed by atoms with E-state index in [1.165, 1.54) is 36.4 Å². The molecule has 4 rings (SSSR count). The molecule has 24 heavy (non-hydrogen) atoms. The van der Waals surface area contributed by atoms with Crippen LogP contribution in [0.25, 0.3) is 10.6 Å². The van der Waals surface area contributed by atoms with E-state index in [9.17, 15) is 0 Å². The van der Waals surface area contributed by atoms with Crippen molar-refractivity contribution in [3.63, 3.8) is 0 Å². The summed E-state index contributed by atoms with van der Waals surface area (Å²) in [5.74, 6) is 0.868. The molecule has 0 aromatic carbocycles. The van der Waals surface area contributed by atoms with Gasteiger partial charge >= 0.3 is 0 Å². The van der Waals surface area contributed by atoms with E-state index in [1.807, 2.05) is 22.5 Å². The lowest BCUT2D eigenvalue weighted by Gasteiger charge is -2.12. The molecule has 0 saturated carbocycles. The van der Waals surface area contributed by atoms with E-state index in [0.29, 0.717) is 0 Å². The number of nitrogens with zero attached hydrogens (tertiary/aromatic N) is 7. The number of likely N-dealkylation sites (tertiary alicyclic amines) is 1. The number of hydrogen-bond donors (Lipinski definition) is 0. The van der Waals surface area contributed by atoms with Crippen molar-refractivity contribution in [2.75, 3.05) is 13.1 Å². The molecule has 3 aromatic heterocycles. The minimum atomic E-state index is 0.00258. The predicted molar refractivity (Wildman–Crippen MR) is 92.7 cm³/mol. The third-order valence-electron chi connectivity index (χ3n) is 4.54. The average molecular weight is 343 g/mol. The van der Waals surface area contributed by atoms with Crippen molar-refractivity contribution in [1.29, 1.82) is 0 Å². The van der Waals surface area contributed by atoms with Gasteiger partial charge < -0.3 is 4.57 Å². The molecule has 0 bridgehead atoms. The van der Waals surface area contributed by atoms with Gasteiger partial charge in [0.15, 0.2) is 5.82 Å². The topological polar surface area (TPSA) is 64.7 Å². The molecule has 0 spiro atoms. The molecule has 8 heteroatoms. The summed E-state index contributed by atoms with van der Waals surface area (Å²) in [7, 11) is 1.94. The molecular formula is C16H21N7S. The minimum Gasteiger partial charge on any atom is -0.319 e. The molecule has 126 valence electrons. The highest BCUT2D eigenvalue weighted by molar-refractivity contribution is 7.13. The molecule has 0 N–H and O–H groups in total. The molecule has 1 unspecified atom stereocenters. The molecule has 1 saturated heterocycles. The van der Waals surface area contributed by atoms with E-state index < -0.39 is 0 Å². The zero-order valence-corrected chi connectivity index (χ0v) is 14.8. The van der Waals surface area contributed by atoms with Crippen molar-refractivity contribution in [2.45, 2.75) is 32.4 Å². The van der Waals surface area contributed by atoms with Gasteiger partial charge in [-0.1, -0.05) is 5.21 Å². The Bertz CT molecular complexity index is 812. The summed E-state index contributed by atoms with van der Waals surface area (Å²) in [6, 6.07) is 2.24. The number of aryl methyl sites for hydroxylation is 1. The second-order valence-electron chi connectivity index (χ2n) is 6.36. The fourth-order valence-corrected chi connectivity index (χ4v) is 4.01. The van der Waals surface area contributed by atoms with Gasteiger partial charge in [-0.15, -0.1) is 26.6 Å². The summed E-state index contributed by atoms with van der Waals surface area (Å²) in [6.45, 7) is 5.53. The largest absolute Gasteiger partial charge is 0.319 e. The number of rotatable bonds is 5. The third-order valence-corrected chi connectivity index (χ3v) is 5.54. The zero-order valence-electron chi connectivity index (χ0n) is 14.0. The van der Waals surface area contributed by atoms with Crippen molar-refractivity contribution in [3.05, 3.63) is 35.4 Å². The quantitative estimate of drug-likeness (QED) is 0.711. The van der Waals surface area contributed by atoms with Crippen LogP contribution in [0, 0.1) is 0 Å². The maximum atomic E-state index is 4.34. The van der Waals surface area contributed by atoms with E-state index in [4.69, 9.17) is 0 Å². The molecular weight excluding hydrogens is 322 g/mol. The normalized spacial score (nSPS) is 16.8. The molecule has 1 fully saturated rings. The van der Waals surface area contributed by atoms with Gasteiger partial charge in [0.25, 0.3) is 0 Å². The Morgan fingerprint density at radius 1 is 1.25 bits per heavy atom. The SMILES string of the molecule is CC(c1nncn1C)n1cc(-c2cc(CN3CCCC3)cs2)nn1. The van der Waals surface area contributed by atoms with Gasteiger partial charge in [0.1, 0.15) is 18.1 Å². The Labute approximate surface area is 144 Å². The van der Waals surface area contributed by atoms with E-state index in [0.717, 1.165) is 18.1 Å². The van der Waals surface area contributed by atoms with Crippen molar-refractivity contribution in [3.8, 4) is 10.6 Å². The van der Waals surface area contributed by atoms with Crippen LogP contribution in [0.2, 0.25) is 0 Å². The van der Waals surface area contributed by atoms with Crippen LogP contribution in [0.5, 0.6) is 0 Å². The first-order valence-corrected chi connectivity index (χ1v) is 9.14. The molecule has 0 amide bonds. The van der Waals surface area contributed by atoms with Gasteiger partial charge in [-0.05, 0) is 49.9 Å². The Balaban J connectivity index is 1.50. The van der Waals surface area contributed by atoms with Crippen LogP contribution in [0.4, 0.5) is 0 Å². The Morgan fingerprint density at radius 2 is 2.08 bits per heavy atom. The minimum absolute atomic E-state index is 0.00258. The second kappa shape index (κ2) is 6.45. The highest BCUT2D eigenvalue weighted by atomic mass is 32.1. The van der Waals surface area contributed by atoms with Gasteiger partial charge in [-0.2, -0.15) is 0 Å². The van der Waals surface area contributed by atoms with Gasteiger partial charge in [0, 0.05) is 13.6 Å². The highest BCUT2D eigenvalue weighted by Crippen LogP contribution is 2.27. The van der Waals surface area contributed by atoms with Crippen LogP contribution < -0.4 is 0 Å². The second-order valence-corrected chi connectivity index (χ2v) is 7.27. The maximum absolute atomic E-state index is 4.34. The predicted octanol–water partition coefficient (Wildman–Crippen LogP) is 2.34. The molecule has 1 aliphatic rings. The van der Waals surface area contributed by atoms with Crippen LogP contribution in [-0.2, 0) is 13.6 Å². The number of thiophene rings is 1. The fourth-order valence-electron chi connectivity index (χ4n) is 3.16. The van der Waals surface area contributed by atoms with E-state index in [2.05, 4.69) is 43.8 Å². The highest BCUT2D eigenvalue weighted by Gasteiger charge is 2.17. The summed E-state index contributed by atoms with van der Waals surface area (Å²) in [6.07, 6.45) is 6.34. The van der Waals surface area contributed by atoms with Gasteiger partial charge in [0.2, 0.25) is 0 Å². The summed E-state index contributed by atoms with van der Waals surface area (Å²) < 4.78 is 3.75. The summed E-state index contributed by atoms with van der Waals surface area (Å²) in [5, 5.41) is 19.0. The summed E-state index contributed by atoms with van der Waals surface area (Å²) >= 11 is 1.74. The molecule has 4 heterocycles. The Hall–Kier alpha value is -2.06. The first-order valence-electron chi connectivity index (χ1n) is 8.26. The van der Waals surface area contributed by atoms with Crippen molar-refractivity contribution in [1.82, 2.24) is 34.7 Å². The van der Waals surface area contributed by atoms with Gasteiger partial charge in [0.05, 0.1) is 11.1 Å². The lowest BCUT2D eigenvalue weighted by molar-refractivity contribution is 0.332. The Morgan fingerprint density at radius 3 is 2.83 bits per heavy atom. The number of hydrogen-bond acceptors (Lipinski definition) is 6. The molecule has 1 aliphatic heterocycles. The molecule has 7 nitrogen and oxygen atoms in total. The van der Waals surface area contributed by atoms with Crippen molar-refractivity contribution >= 4 is 11.3 Å². The number of aromatic nitrogens is 6. The fraction of sp³-hybridized carbons (Fsp3) is 0.500. The van der Waals surface area contributed by atoms with E-state index in [1.54, 1.807) is 17.7 Å². The van der Waals surface area contributed by atoms with Crippen LogP contribution in [0.1, 0.15) is 37.2 Å². The van der Waals surface area contributed by atoms with Gasteiger partial charge in [-0.3, -0.25) is 4.90 Å². The molecule has 0 radical (unpaired) electrons. The lowest BCUT2D eigenvalue weighted by atomic mass is 10.2. The van der Waals surface area contributed by atoms with Crippen LogP contribution in [-0.4, -0.2) is 47.7 Å². The molecule has 3 aromatic rings. The third kappa shape index (κ3) is 2.99. The van der Waals surface area contributed by atoms with Crippen LogP contribution in [0.3, 0.4) is 0 Å². The smallest absolute Gasteiger partial charge is 0.157 e. The summed E-state index contributed by atoms with van der Waals surface area (Å²) in [5.41, 5.74) is 2.29. The summed E-state index contributed by atoms with van der Waals surface area (Å²) in [4.78, 5) is 3.68. The monoisotopic (exact) mass is 343 g/mol. The molecule has 0 aliphatic carbocycles. The average Bonchev–Trinajstić information content (AvgIpc) is 3.35. The zero-order chi connectivity index (χ0) is 16.5. The molecule has 1 atom stereocenters.